The molecule has 16 heavy (non-hydrogen) atoms. The SMILES string of the molecule is O=C(O)C(=O)c1ccc(OC(F)(F)F)cc1. The number of Topliss-reactive ketones (excluding diaryl/α,β-unsaturated/α-hetero) is 1. The van der Waals surface area contributed by atoms with Crippen LogP contribution in [0.4, 0.5) is 13.2 Å². The van der Waals surface area contributed by atoms with Crippen LogP contribution in [0, 0.1) is 0 Å². The number of carboxylic acids is 1. The van der Waals surface area contributed by atoms with Gasteiger partial charge in [-0.25, -0.2) is 4.79 Å². The maximum Gasteiger partial charge on any atom is 0.573 e. The van der Waals surface area contributed by atoms with Gasteiger partial charge in [0.25, 0.3) is 5.78 Å². The molecule has 0 aliphatic carbocycles. The Morgan fingerprint density at radius 1 is 1.12 bits per heavy atom. The average molecular weight is 234 g/mol. The first kappa shape index (κ1) is 12.0. The summed E-state index contributed by atoms with van der Waals surface area (Å²) in [7, 11) is 0. The molecule has 0 heterocycles. The molecule has 7 heteroatoms. The Labute approximate surface area is 87.3 Å². The number of carbonyl (C=O) groups excluding carboxylic acids is 1. The summed E-state index contributed by atoms with van der Waals surface area (Å²) < 4.78 is 38.8. The highest BCUT2D eigenvalue weighted by Crippen LogP contribution is 2.22. The molecule has 0 spiro atoms. The average Bonchev–Trinajstić information content (AvgIpc) is 2.15. The van der Waals surface area contributed by atoms with Crippen molar-refractivity contribution < 1.29 is 32.6 Å². The zero-order valence-electron chi connectivity index (χ0n) is 7.62. The number of carboxylic acid groups (broad SMARTS) is 1. The zero-order chi connectivity index (χ0) is 12.3. The van der Waals surface area contributed by atoms with Gasteiger partial charge in [0.2, 0.25) is 0 Å². The lowest BCUT2D eigenvalue weighted by molar-refractivity contribution is -0.274. The van der Waals surface area contributed by atoms with Gasteiger partial charge in [0, 0.05) is 5.56 Å². The van der Waals surface area contributed by atoms with E-state index >= 15 is 0 Å². The van der Waals surface area contributed by atoms with Gasteiger partial charge in [0.1, 0.15) is 5.75 Å². The van der Waals surface area contributed by atoms with E-state index in [1.54, 1.807) is 0 Å². The number of hydrogen-bond donors (Lipinski definition) is 1. The number of rotatable bonds is 3. The number of aliphatic carboxylic acids is 1. The molecular weight excluding hydrogens is 229 g/mol. The largest absolute Gasteiger partial charge is 0.573 e. The number of benzene rings is 1. The van der Waals surface area contributed by atoms with E-state index in [0.29, 0.717) is 0 Å². The van der Waals surface area contributed by atoms with E-state index in [1.807, 2.05) is 0 Å². The summed E-state index contributed by atoms with van der Waals surface area (Å²) in [4.78, 5) is 21.1. The predicted octanol–water partition coefficient (Wildman–Crippen LogP) is 1.85. The van der Waals surface area contributed by atoms with Crippen molar-refractivity contribution in [2.75, 3.05) is 0 Å². The first-order valence-electron chi connectivity index (χ1n) is 3.93. The van der Waals surface area contributed by atoms with E-state index in [1.165, 1.54) is 0 Å². The highest BCUT2D eigenvalue weighted by Gasteiger charge is 2.31. The monoisotopic (exact) mass is 234 g/mol. The molecule has 0 saturated carbocycles. The second kappa shape index (κ2) is 4.21. The Morgan fingerprint density at radius 3 is 2.00 bits per heavy atom. The van der Waals surface area contributed by atoms with E-state index in [4.69, 9.17) is 5.11 Å². The summed E-state index contributed by atoms with van der Waals surface area (Å²) in [6.45, 7) is 0. The van der Waals surface area contributed by atoms with E-state index in [2.05, 4.69) is 4.74 Å². The summed E-state index contributed by atoms with van der Waals surface area (Å²) in [5.74, 6) is -3.39. The zero-order valence-corrected chi connectivity index (χ0v) is 7.62. The first-order chi connectivity index (χ1) is 7.29. The van der Waals surface area contributed by atoms with Gasteiger partial charge in [-0.2, -0.15) is 0 Å². The third-order valence-electron chi connectivity index (χ3n) is 1.54. The molecule has 0 bridgehead atoms. The fourth-order valence-electron chi connectivity index (χ4n) is 0.931. The van der Waals surface area contributed by atoms with Crippen LogP contribution in [0.5, 0.6) is 5.75 Å². The van der Waals surface area contributed by atoms with Crippen LogP contribution >= 0.6 is 0 Å². The minimum absolute atomic E-state index is 0.220. The van der Waals surface area contributed by atoms with E-state index in [-0.39, 0.29) is 5.56 Å². The maximum absolute atomic E-state index is 11.7. The quantitative estimate of drug-likeness (QED) is 0.640. The molecule has 0 aliphatic heterocycles. The smallest absolute Gasteiger partial charge is 0.475 e. The fourth-order valence-corrected chi connectivity index (χ4v) is 0.931. The number of ether oxygens (including phenoxy) is 1. The molecule has 0 unspecified atom stereocenters. The Balaban J connectivity index is 2.84. The highest BCUT2D eigenvalue weighted by molar-refractivity contribution is 6.39. The highest BCUT2D eigenvalue weighted by atomic mass is 19.4. The van der Waals surface area contributed by atoms with Crippen LogP contribution in [0.3, 0.4) is 0 Å². The normalized spacial score (nSPS) is 10.9. The Hall–Kier alpha value is -2.05. The van der Waals surface area contributed by atoms with Crippen molar-refractivity contribution in [3.63, 3.8) is 0 Å². The number of hydrogen-bond acceptors (Lipinski definition) is 3. The van der Waals surface area contributed by atoms with Crippen molar-refractivity contribution in [1.29, 1.82) is 0 Å². The second-order valence-electron chi connectivity index (χ2n) is 2.71. The van der Waals surface area contributed by atoms with Gasteiger partial charge in [-0.3, -0.25) is 4.79 Å². The van der Waals surface area contributed by atoms with Gasteiger partial charge in [-0.1, -0.05) is 0 Å². The minimum atomic E-state index is -4.82. The summed E-state index contributed by atoms with van der Waals surface area (Å²) in [6.07, 6.45) is -4.82. The fraction of sp³-hybridized carbons (Fsp3) is 0.111. The number of alkyl halides is 3. The number of halogens is 3. The molecule has 0 amide bonds. The first-order valence-corrected chi connectivity index (χ1v) is 3.93. The van der Waals surface area contributed by atoms with Crippen LogP contribution < -0.4 is 4.74 Å². The molecule has 0 saturated heterocycles. The van der Waals surface area contributed by atoms with Crippen LogP contribution in [0.15, 0.2) is 24.3 Å². The lowest BCUT2D eigenvalue weighted by Gasteiger charge is -2.08. The second-order valence-corrected chi connectivity index (χ2v) is 2.71. The molecule has 0 fully saturated rings. The third-order valence-corrected chi connectivity index (χ3v) is 1.54. The van der Waals surface area contributed by atoms with Crippen LogP contribution in [0.2, 0.25) is 0 Å². The van der Waals surface area contributed by atoms with Crippen molar-refractivity contribution >= 4 is 11.8 Å². The lowest BCUT2D eigenvalue weighted by atomic mass is 10.1. The van der Waals surface area contributed by atoms with Crippen molar-refractivity contribution in [3.05, 3.63) is 29.8 Å². The molecule has 1 aromatic rings. The van der Waals surface area contributed by atoms with Crippen molar-refractivity contribution in [2.45, 2.75) is 6.36 Å². The minimum Gasteiger partial charge on any atom is -0.475 e. The van der Waals surface area contributed by atoms with E-state index < -0.39 is 23.9 Å². The molecular formula is C9H5F3O4. The summed E-state index contributed by atoms with van der Waals surface area (Å²) in [6, 6.07) is 3.61. The Morgan fingerprint density at radius 2 is 1.62 bits per heavy atom. The molecule has 1 aromatic carbocycles. The van der Waals surface area contributed by atoms with Crippen LogP contribution in [0.25, 0.3) is 0 Å². The van der Waals surface area contributed by atoms with Crippen molar-refractivity contribution in [2.24, 2.45) is 0 Å². The Bertz CT molecular complexity index is 408. The topological polar surface area (TPSA) is 63.6 Å². The van der Waals surface area contributed by atoms with Gasteiger partial charge in [0.15, 0.2) is 0 Å². The Kier molecular flexibility index (Phi) is 3.17. The summed E-state index contributed by atoms with van der Waals surface area (Å²) >= 11 is 0. The molecule has 1 rings (SSSR count). The van der Waals surface area contributed by atoms with Gasteiger partial charge >= 0.3 is 12.3 Å². The molecule has 86 valence electrons. The van der Waals surface area contributed by atoms with E-state index in [0.717, 1.165) is 24.3 Å². The molecule has 0 aromatic heterocycles. The number of carbonyl (C=O) groups is 2. The molecule has 0 atom stereocenters. The van der Waals surface area contributed by atoms with Gasteiger partial charge in [-0.05, 0) is 24.3 Å². The van der Waals surface area contributed by atoms with Crippen LogP contribution in [-0.2, 0) is 4.79 Å². The predicted molar refractivity (Wildman–Crippen MR) is 45.1 cm³/mol. The molecule has 4 nitrogen and oxygen atoms in total. The van der Waals surface area contributed by atoms with Crippen molar-refractivity contribution in [1.82, 2.24) is 0 Å². The summed E-state index contributed by atoms with van der Waals surface area (Å²) in [5.41, 5.74) is -0.220. The van der Waals surface area contributed by atoms with Crippen LogP contribution in [-0.4, -0.2) is 23.2 Å². The van der Waals surface area contributed by atoms with Gasteiger partial charge in [-0.15, -0.1) is 13.2 Å². The van der Waals surface area contributed by atoms with Crippen molar-refractivity contribution in [3.8, 4) is 5.75 Å². The lowest BCUT2D eigenvalue weighted by Crippen LogP contribution is -2.17. The van der Waals surface area contributed by atoms with Gasteiger partial charge < -0.3 is 9.84 Å². The molecule has 0 radical (unpaired) electrons. The number of ketones is 1. The molecule has 1 N–H and O–H groups in total. The standard InChI is InChI=1S/C9H5F3O4/c10-9(11,12)16-6-3-1-5(2-4-6)7(13)8(14)15/h1-4H,(H,14,15). The van der Waals surface area contributed by atoms with Gasteiger partial charge in [0.05, 0.1) is 0 Å². The summed E-state index contributed by atoms with van der Waals surface area (Å²) in [5, 5.41) is 8.33. The van der Waals surface area contributed by atoms with E-state index in [9.17, 15) is 22.8 Å². The molecule has 0 aliphatic rings. The van der Waals surface area contributed by atoms with Crippen LogP contribution in [0.1, 0.15) is 10.4 Å². The maximum atomic E-state index is 11.7. The third kappa shape index (κ3) is 3.26.